The molecule has 0 N–H and O–H groups in total. The summed E-state index contributed by atoms with van der Waals surface area (Å²) in [5.74, 6) is 2.51. The number of piperazine rings is 1. The summed E-state index contributed by atoms with van der Waals surface area (Å²) < 4.78 is 5.47. The van der Waals surface area contributed by atoms with Gasteiger partial charge in [0.15, 0.2) is 0 Å². The Hall–Kier alpha value is -2.21. The first-order valence-corrected chi connectivity index (χ1v) is 8.21. The summed E-state index contributed by atoms with van der Waals surface area (Å²) in [5, 5.41) is 0. The highest BCUT2D eigenvalue weighted by molar-refractivity contribution is 5.45. The molecule has 2 aromatic rings. The first-order valence-electron chi connectivity index (χ1n) is 8.21. The topological polar surface area (TPSA) is 54.4 Å². The summed E-state index contributed by atoms with van der Waals surface area (Å²) in [6.45, 7) is 5.45. The van der Waals surface area contributed by atoms with Crippen LogP contribution < -0.4 is 9.80 Å². The Balaban J connectivity index is 1.43. The molecule has 23 heavy (non-hydrogen) atoms. The number of anilines is 2. The first-order chi connectivity index (χ1) is 11.4. The third-order valence-electron chi connectivity index (χ3n) is 4.60. The fraction of sp³-hybridized carbons (Fsp3) is 0.471. The van der Waals surface area contributed by atoms with Gasteiger partial charge in [0.2, 0.25) is 0 Å². The van der Waals surface area contributed by atoms with Gasteiger partial charge in [0.25, 0.3) is 0 Å². The molecule has 120 valence electrons. The van der Waals surface area contributed by atoms with Crippen molar-refractivity contribution in [2.75, 3.05) is 49.2 Å². The maximum absolute atomic E-state index is 5.47. The standard InChI is InChI=1S/C17H21N5O/c1-2-5-18-16(3-1)21-6-8-22(9-7-21)17-11-15(19-13-20-17)14-4-10-23-12-14/h1-3,5,11,13-14H,4,6-10,12H2/t14-/m1/s1. The summed E-state index contributed by atoms with van der Waals surface area (Å²) in [5.41, 5.74) is 1.11. The zero-order valence-electron chi connectivity index (χ0n) is 13.1. The highest BCUT2D eigenvalue weighted by Crippen LogP contribution is 2.26. The van der Waals surface area contributed by atoms with Crippen molar-refractivity contribution in [3.05, 3.63) is 42.5 Å². The van der Waals surface area contributed by atoms with Gasteiger partial charge in [0, 0.05) is 51.0 Å². The Morgan fingerprint density at radius 2 is 1.78 bits per heavy atom. The van der Waals surface area contributed by atoms with Gasteiger partial charge in [0.05, 0.1) is 12.3 Å². The van der Waals surface area contributed by atoms with Gasteiger partial charge in [-0.05, 0) is 18.6 Å². The smallest absolute Gasteiger partial charge is 0.132 e. The van der Waals surface area contributed by atoms with E-state index in [1.165, 1.54) is 0 Å². The van der Waals surface area contributed by atoms with Crippen LogP contribution >= 0.6 is 0 Å². The number of hydrogen-bond acceptors (Lipinski definition) is 6. The Labute approximate surface area is 136 Å². The van der Waals surface area contributed by atoms with Gasteiger partial charge in [-0.25, -0.2) is 15.0 Å². The summed E-state index contributed by atoms with van der Waals surface area (Å²) in [6.07, 6.45) is 4.60. The van der Waals surface area contributed by atoms with Crippen molar-refractivity contribution in [1.29, 1.82) is 0 Å². The lowest BCUT2D eigenvalue weighted by Gasteiger charge is -2.36. The molecule has 6 nitrogen and oxygen atoms in total. The molecule has 1 atom stereocenters. The number of ether oxygens (including phenoxy) is 1. The van der Waals surface area contributed by atoms with Gasteiger partial charge in [-0.3, -0.25) is 0 Å². The van der Waals surface area contributed by atoms with Crippen LogP contribution in [0.25, 0.3) is 0 Å². The fourth-order valence-electron chi connectivity index (χ4n) is 3.23. The average molecular weight is 311 g/mol. The normalized spacial score (nSPS) is 21.7. The molecule has 0 spiro atoms. The van der Waals surface area contributed by atoms with Crippen LogP contribution in [-0.4, -0.2) is 54.3 Å². The molecular weight excluding hydrogens is 290 g/mol. The molecule has 2 aromatic heterocycles. The molecule has 4 rings (SSSR count). The molecule has 0 saturated carbocycles. The molecule has 0 aromatic carbocycles. The second-order valence-corrected chi connectivity index (χ2v) is 6.02. The van der Waals surface area contributed by atoms with E-state index in [2.05, 4.69) is 36.9 Å². The quantitative estimate of drug-likeness (QED) is 0.860. The van der Waals surface area contributed by atoms with Gasteiger partial charge < -0.3 is 14.5 Å². The summed E-state index contributed by atoms with van der Waals surface area (Å²) in [7, 11) is 0. The lowest BCUT2D eigenvalue weighted by Crippen LogP contribution is -2.47. The molecule has 0 amide bonds. The van der Waals surface area contributed by atoms with Crippen LogP contribution in [0.15, 0.2) is 36.8 Å². The van der Waals surface area contributed by atoms with Crippen molar-refractivity contribution in [2.45, 2.75) is 12.3 Å². The van der Waals surface area contributed by atoms with E-state index >= 15 is 0 Å². The maximum Gasteiger partial charge on any atom is 0.132 e. The minimum atomic E-state index is 0.423. The molecule has 0 radical (unpaired) electrons. The largest absolute Gasteiger partial charge is 0.381 e. The minimum absolute atomic E-state index is 0.423. The highest BCUT2D eigenvalue weighted by atomic mass is 16.5. The van der Waals surface area contributed by atoms with Crippen LogP contribution in [0.1, 0.15) is 18.0 Å². The van der Waals surface area contributed by atoms with Gasteiger partial charge in [-0.15, -0.1) is 0 Å². The molecule has 2 aliphatic rings. The van der Waals surface area contributed by atoms with E-state index in [0.717, 1.165) is 63.1 Å². The van der Waals surface area contributed by atoms with Crippen LogP contribution in [-0.2, 0) is 4.74 Å². The van der Waals surface area contributed by atoms with Crippen molar-refractivity contribution >= 4 is 11.6 Å². The first kappa shape index (κ1) is 14.4. The number of pyridine rings is 1. The van der Waals surface area contributed by atoms with E-state index in [-0.39, 0.29) is 0 Å². The van der Waals surface area contributed by atoms with Crippen molar-refractivity contribution in [2.24, 2.45) is 0 Å². The van der Waals surface area contributed by atoms with Crippen molar-refractivity contribution in [1.82, 2.24) is 15.0 Å². The predicted molar refractivity (Wildman–Crippen MR) is 88.9 cm³/mol. The Kier molecular flexibility index (Phi) is 4.06. The highest BCUT2D eigenvalue weighted by Gasteiger charge is 2.22. The maximum atomic E-state index is 5.47. The van der Waals surface area contributed by atoms with Gasteiger partial charge >= 0.3 is 0 Å². The molecule has 4 heterocycles. The molecule has 2 aliphatic heterocycles. The number of rotatable bonds is 3. The van der Waals surface area contributed by atoms with Crippen molar-refractivity contribution < 1.29 is 4.74 Å². The third-order valence-corrected chi connectivity index (χ3v) is 4.60. The fourth-order valence-corrected chi connectivity index (χ4v) is 3.23. The van der Waals surface area contributed by atoms with E-state index < -0.39 is 0 Å². The molecule has 0 bridgehead atoms. The lowest BCUT2D eigenvalue weighted by molar-refractivity contribution is 0.193. The number of nitrogens with zero attached hydrogens (tertiary/aromatic N) is 5. The van der Waals surface area contributed by atoms with Gasteiger partial charge in [0.1, 0.15) is 18.0 Å². The van der Waals surface area contributed by atoms with Gasteiger partial charge in [-0.1, -0.05) is 6.07 Å². The molecule has 2 saturated heterocycles. The van der Waals surface area contributed by atoms with Crippen LogP contribution in [0.4, 0.5) is 11.6 Å². The van der Waals surface area contributed by atoms with Gasteiger partial charge in [-0.2, -0.15) is 0 Å². The summed E-state index contributed by atoms with van der Waals surface area (Å²) in [6, 6.07) is 8.19. The lowest BCUT2D eigenvalue weighted by atomic mass is 10.0. The second-order valence-electron chi connectivity index (χ2n) is 6.02. The van der Waals surface area contributed by atoms with Crippen LogP contribution in [0.3, 0.4) is 0 Å². The summed E-state index contributed by atoms with van der Waals surface area (Å²) >= 11 is 0. The zero-order chi connectivity index (χ0) is 15.5. The molecule has 0 aliphatic carbocycles. The van der Waals surface area contributed by atoms with Crippen LogP contribution in [0.5, 0.6) is 0 Å². The Morgan fingerprint density at radius 3 is 2.48 bits per heavy atom. The average Bonchev–Trinajstić information content (AvgIpc) is 3.18. The molecule has 6 heteroatoms. The van der Waals surface area contributed by atoms with E-state index in [9.17, 15) is 0 Å². The Bertz CT molecular complexity index is 636. The van der Waals surface area contributed by atoms with Crippen LogP contribution in [0, 0.1) is 0 Å². The monoisotopic (exact) mass is 311 g/mol. The van der Waals surface area contributed by atoms with Crippen LogP contribution in [0.2, 0.25) is 0 Å². The zero-order valence-corrected chi connectivity index (χ0v) is 13.1. The number of aromatic nitrogens is 3. The van der Waals surface area contributed by atoms with E-state index in [4.69, 9.17) is 4.74 Å². The van der Waals surface area contributed by atoms with Crippen molar-refractivity contribution in [3.8, 4) is 0 Å². The van der Waals surface area contributed by atoms with Crippen molar-refractivity contribution in [3.63, 3.8) is 0 Å². The SMILES string of the molecule is c1ccc(N2CCN(c3cc([C@@H]4CCOC4)ncn3)CC2)nc1. The number of hydrogen-bond donors (Lipinski definition) is 0. The minimum Gasteiger partial charge on any atom is -0.381 e. The Morgan fingerprint density at radius 1 is 0.957 bits per heavy atom. The molecule has 2 fully saturated rings. The second kappa shape index (κ2) is 6.50. The summed E-state index contributed by atoms with van der Waals surface area (Å²) in [4.78, 5) is 18.0. The molecule has 0 unspecified atom stereocenters. The predicted octanol–water partition coefficient (Wildman–Crippen LogP) is 1.70. The molecular formula is C17H21N5O. The van der Waals surface area contributed by atoms with E-state index in [1.807, 2.05) is 18.3 Å². The van der Waals surface area contributed by atoms with E-state index in [0.29, 0.717) is 5.92 Å². The van der Waals surface area contributed by atoms with E-state index in [1.54, 1.807) is 6.33 Å². The third kappa shape index (κ3) is 3.12.